The van der Waals surface area contributed by atoms with Gasteiger partial charge in [0, 0.05) is 16.8 Å². The van der Waals surface area contributed by atoms with Crippen LogP contribution in [0.1, 0.15) is 27.0 Å². The van der Waals surface area contributed by atoms with E-state index in [1.165, 1.54) is 43.4 Å². The van der Waals surface area contributed by atoms with Gasteiger partial charge >= 0.3 is 12.4 Å². The molecule has 5 nitrogen and oxygen atoms in total. The number of anilines is 1. The third-order valence-corrected chi connectivity index (χ3v) is 6.76. The Labute approximate surface area is 244 Å². The molecule has 4 rings (SSSR count). The van der Waals surface area contributed by atoms with Crippen molar-refractivity contribution in [2.24, 2.45) is 0 Å². The van der Waals surface area contributed by atoms with Crippen LogP contribution < -0.4 is 14.4 Å². The zero-order chi connectivity index (χ0) is 31.3. The molecule has 0 bridgehead atoms. The smallest absolute Gasteiger partial charge is 0.430 e. The van der Waals surface area contributed by atoms with E-state index in [2.05, 4.69) is 0 Å². The van der Waals surface area contributed by atoms with Crippen LogP contribution in [0.25, 0.3) is 0 Å². The number of para-hydroxylation sites is 1. The molecular formula is C32H27F6NO4. The number of carbonyl (C=O) groups is 1. The first-order valence-electron chi connectivity index (χ1n) is 12.9. The molecule has 4 aromatic rings. The van der Waals surface area contributed by atoms with Gasteiger partial charge < -0.3 is 19.1 Å². The Morgan fingerprint density at radius 3 is 1.60 bits per heavy atom. The van der Waals surface area contributed by atoms with Gasteiger partial charge in [-0.15, -0.1) is 0 Å². The zero-order valence-electron chi connectivity index (χ0n) is 23.1. The molecular weight excluding hydrogens is 576 g/mol. The van der Waals surface area contributed by atoms with E-state index >= 15 is 0 Å². The van der Waals surface area contributed by atoms with Crippen molar-refractivity contribution < 1.29 is 45.3 Å². The topological polar surface area (TPSA) is 48.0 Å². The molecule has 0 fully saturated rings. The molecule has 11 heteroatoms. The van der Waals surface area contributed by atoms with Crippen LogP contribution in [0.15, 0.2) is 103 Å². The Hall–Kier alpha value is -4.51. The summed E-state index contributed by atoms with van der Waals surface area (Å²) in [5, 5.41) is 0. The number of halogens is 6. The molecule has 43 heavy (non-hydrogen) atoms. The van der Waals surface area contributed by atoms with Gasteiger partial charge in [-0.05, 0) is 59.7 Å². The molecule has 0 aliphatic carbocycles. The number of carbonyl (C=O) groups excluding carboxylic acids is 1. The van der Waals surface area contributed by atoms with Gasteiger partial charge in [0.1, 0.15) is 11.5 Å². The van der Waals surface area contributed by atoms with E-state index in [0.29, 0.717) is 29.3 Å². The first-order chi connectivity index (χ1) is 20.4. The normalized spacial score (nSPS) is 12.1. The molecule has 0 spiro atoms. The average Bonchev–Trinajstić information content (AvgIpc) is 3.00. The van der Waals surface area contributed by atoms with E-state index in [0.717, 1.165) is 17.7 Å². The lowest BCUT2D eigenvalue weighted by atomic mass is 9.90. The Morgan fingerprint density at radius 2 is 1.14 bits per heavy atom. The summed E-state index contributed by atoms with van der Waals surface area (Å²) in [6.45, 7) is -0.915. The van der Waals surface area contributed by atoms with Crippen LogP contribution in [0.2, 0.25) is 0 Å². The van der Waals surface area contributed by atoms with Gasteiger partial charge in [-0.25, -0.2) is 0 Å². The van der Waals surface area contributed by atoms with Crippen LogP contribution in [-0.2, 0) is 23.5 Å². The molecule has 0 heterocycles. The fourth-order valence-corrected chi connectivity index (χ4v) is 4.45. The molecule has 0 saturated heterocycles. The number of benzene rings is 4. The van der Waals surface area contributed by atoms with Crippen molar-refractivity contribution in [3.05, 3.63) is 125 Å². The number of hydrogen-bond donors (Lipinski definition) is 0. The standard InChI is InChI=1S/C32H27F6NO4/c1-41-27-16-8-22(9-17-27)20-39(26-6-4-3-5-7-26)29(40)24-12-14-25(15-13-24)30(31(33,34)35,32(36,37)38)43-21-23-10-18-28(42-2)19-11-23/h3-19H,20-21H2,1-2H3. The number of alkyl halides is 6. The summed E-state index contributed by atoms with van der Waals surface area (Å²) in [6, 6.07) is 23.9. The van der Waals surface area contributed by atoms with Crippen molar-refractivity contribution in [1.29, 1.82) is 0 Å². The number of methoxy groups -OCH3 is 2. The van der Waals surface area contributed by atoms with Gasteiger partial charge in [0.25, 0.3) is 11.5 Å². The van der Waals surface area contributed by atoms with Gasteiger partial charge in [-0.3, -0.25) is 4.79 Å². The monoisotopic (exact) mass is 603 g/mol. The number of hydrogen-bond acceptors (Lipinski definition) is 4. The summed E-state index contributed by atoms with van der Waals surface area (Å²) >= 11 is 0. The molecule has 4 aromatic carbocycles. The van der Waals surface area contributed by atoms with Crippen LogP contribution in [0.5, 0.6) is 11.5 Å². The van der Waals surface area contributed by atoms with Gasteiger partial charge in [0.2, 0.25) is 0 Å². The third kappa shape index (κ3) is 6.77. The van der Waals surface area contributed by atoms with Crippen molar-refractivity contribution >= 4 is 11.6 Å². The second-order valence-corrected chi connectivity index (χ2v) is 9.47. The summed E-state index contributed by atoms with van der Waals surface area (Å²) in [7, 11) is 2.88. The Bertz CT molecular complexity index is 1470. The van der Waals surface area contributed by atoms with Crippen LogP contribution in [0.3, 0.4) is 0 Å². The second kappa shape index (κ2) is 12.8. The minimum atomic E-state index is -5.88. The quantitative estimate of drug-likeness (QED) is 0.172. The maximum Gasteiger partial charge on any atom is 0.430 e. The van der Waals surface area contributed by atoms with Gasteiger partial charge in [-0.2, -0.15) is 26.3 Å². The van der Waals surface area contributed by atoms with E-state index in [1.54, 1.807) is 54.6 Å². The highest BCUT2D eigenvalue weighted by atomic mass is 19.4. The summed E-state index contributed by atoms with van der Waals surface area (Å²) in [4.78, 5) is 15.0. The minimum Gasteiger partial charge on any atom is -0.497 e. The third-order valence-electron chi connectivity index (χ3n) is 6.76. The highest BCUT2D eigenvalue weighted by molar-refractivity contribution is 6.06. The van der Waals surface area contributed by atoms with Crippen molar-refractivity contribution in [3.63, 3.8) is 0 Å². The number of ether oxygens (including phenoxy) is 3. The lowest BCUT2D eigenvalue weighted by molar-refractivity contribution is -0.392. The van der Waals surface area contributed by atoms with Crippen LogP contribution in [-0.4, -0.2) is 32.5 Å². The van der Waals surface area contributed by atoms with Crippen molar-refractivity contribution in [3.8, 4) is 11.5 Å². The lowest BCUT2D eigenvalue weighted by Gasteiger charge is -2.37. The van der Waals surface area contributed by atoms with Crippen molar-refractivity contribution in [2.75, 3.05) is 19.1 Å². The largest absolute Gasteiger partial charge is 0.497 e. The van der Waals surface area contributed by atoms with Crippen molar-refractivity contribution in [1.82, 2.24) is 0 Å². The highest BCUT2D eigenvalue weighted by Gasteiger charge is 2.73. The van der Waals surface area contributed by atoms with Gasteiger partial charge in [0.05, 0.1) is 27.4 Å². The predicted octanol–water partition coefficient (Wildman–Crippen LogP) is 8.09. The first-order valence-corrected chi connectivity index (χ1v) is 12.9. The minimum absolute atomic E-state index is 0.0718. The number of amides is 1. The Balaban J connectivity index is 1.68. The molecule has 0 aromatic heterocycles. The summed E-state index contributed by atoms with van der Waals surface area (Å²) in [5.74, 6) is 0.347. The molecule has 0 saturated carbocycles. The van der Waals surface area contributed by atoms with E-state index in [9.17, 15) is 31.1 Å². The predicted molar refractivity (Wildman–Crippen MR) is 148 cm³/mol. The Kier molecular flexibility index (Phi) is 9.34. The van der Waals surface area contributed by atoms with E-state index in [4.69, 9.17) is 14.2 Å². The molecule has 0 aliphatic heterocycles. The Morgan fingerprint density at radius 1 is 0.651 bits per heavy atom. The zero-order valence-corrected chi connectivity index (χ0v) is 23.1. The van der Waals surface area contributed by atoms with Crippen LogP contribution >= 0.6 is 0 Å². The number of rotatable bonds is 10. The molecule has 0 unspecified atom stereocenters. The van der Waals surface area contributed by atoms with Gasteiger partial charge in [-0.1, -0.05) is 54.6 Å². The summed E-state index contributed by atoms with van der Waals surface area (Å²) in [5.41, 5.74) is -4.70. The fourth-order valence-electron chi connectivity index (χ4n) is 4.45. The average molecular weight is 604 g/mol. The molecule has 0 aliphatic rings. The maximum atomic E-state index is 14.3. The molecule has 0 atom stereocenters. The van der Waals surface area contributed by atoms with E-state index in [-0.39, 0.29) is 17.7 Å². The van der Waals surface area contributed by atoms with Crippen LogP contribution in [0.4, 0.5) is 32.0 Å². The molecule has 226 valence electrons. The second-order valence-electron chi connectivity index (χ2n) is 9.47. The van der Waals surface area contributed by atoms with Gasteiger partial charge in [0.15, 0.2) is 0 Å². The van der Waals surface area contributed by atoms with E-state index in [1.807, 2.05) is 0 Å². The first kappa shape index (κ1) is 31.4. The molecule has 0 N–H and O–H groups in total. The number of nitrogens with zero attached hydrogens (tertiary/aromatic N) is 1. The summed E-state index contributed by atoms with van der Waals surface area (Å²) < 4.78 is 101. The van der Waals surface area contributed by atoms with Crippen LogP contribution in [0, 0.1) is 0 Å². The summed E-state index contributed by atoms with van der Waals surface area (Å²) in [6.07, 6.45) is -11.8. The fraction of sp³-hybridized carbons (Fsp3) is 0.219. The maximum absolute atomic E-state index is 14.3. The highest BCUT2D eigenvalue weighted by Crippen LogP contribution is 2.53. The van der Waals surface area contributed by atoms with Crippen molar-refractivity contribution in [2.45, 2.75) is 31.1 Å². The van der Waals surface area contributed by atoms with E-state index < -0.39 is 36.0 Å². The molecule has 0 radical (unpaired) electrons. The SMILES string of the molecule is COc1ccc(COC(c2ccc(C(=O)N(Cc3ccc(OC)cc3)c3ccccc3)cc2)(C(F)(F)F)C(F)(F)F)cc1. The lowest BCUT2D eigenvalue weighted by Crippen LogP contribution is -2.55. The molecule has 1 amide bonds.